The average molecular weight is 297 g/mol. The Morgan fingerprint density at radius 3 is 2.33 bits per heavy atom. The fourth-order valence-electron chi connectivity index (χ4n) is 2.32. The number of pyridine rings is 1. The number of halogens is 3. The van der Waals surface area contributed by atoms with Crippen LogP contribution in [0.4, 0.5) is 19.0 Å². The smallest absolute Gasteiger partial charge is 0.345 e. The minimum absolute atomic E-state index is 0.300. The van der Waals surface area contributed by atoms with Gasteiger partial charge in [-0.15, -0.1) is 0 Å². The van der Waals surface area contributed by atoms with Gasteiger partial charge in [0.1, 0.15) is 12.4 Å². The number of hydrogen-bond acceptors (Lipinski definition) is 3. The summed E-state index contributed by atoms with van der Waals surface area (Å²) in [4.78, 5) is 5.50. The van der Waals surface area contributed by atoms with Gasteiger partial charge in [0.2, 0.25) is 0 Å². The zero-order valence-corrected chi connectivity index (χ0v) is 12.0. The second-order valence-corrected chi connectivity index (χ2v) is 5.19. The lowest BCUT2D eigenvalue weighted by Gasteiger charge is -2.30. The molecule has 3 nitrogen and oxygen atoms in total. The second kappa shape index (κ2) is 5.89. The Labute approximate surface area is 121 Å². The molecule has 0 bridgehead atoms. The van der Waals surface area contributed by atoms with E-state index in [1.54, 1.807) is 32.2 Å². The molecule has 0 saturated heterocycles. The van der Waals surface area contributed by atoms with E-state index in [0.29, 0.717) is 17.7 Å². The van der Waals surface area contributed by atoms with Gasteiger partial charge in [-0.25, -0.2) is 4.98 Å². The predicted octanol–water partition coefficient (Wildman–Crippen LogP) is 3.47. The van der Waals surface area contributed by atoms with E-state index in [2.05, 4.69) is 4.98 Å². The summed E-state index contributed by atoms with van der Waals surface area (Å²) in [6, 6.07) is 6.96. The number of anilines is 1. The highest BCUT2D eigenvalue weighted by molar-refractivity contribution is 5.94. The van der Waals surface area contributed by atoms with E-state index in [0.717, 1.165) is 10.9 Å². The van der Waals surface area contributed by atoms with E-state index in [1.165, 1.54) is 4.90 Å². The molecule has 0 amide bonds. The highest BCUT2D eigenvalue weighted by Gasteiger charge is 2.33. The van der Waals surface area contributed by atoms with Crippen LogP contribution in [0.1, 0.15) is 19.4 Å². The predicted molar refractivity (Wildman–Crippen MR) is 78.2 cm³/mol. The number of nitrogens with two attached hydrogens (primary N) is 1. The Balaban J connectivity index is 2.58. The molecular weight excluding hydrogens is 279 g/mol. The Kier molecular flexibility index (Phi) is 4.37. The molecule has 1 aromatic carbocycles. The van der Waals surface area contributed by atoms with Crippen molar-refractivity contribution in [3.63, 3.8) is 0 Å². The van der Waals surface area contributed by atoms with Gasteiger partial charge in [0.15, 0.2) is 0 Å². The number of hydrogen-bond donors (Lipinski definition) is 1. The highest BCUT2D eigenvalue weighted by atomic mass is 19.4. The van der Waals surface area contributed by atoms with Gasteiger partial charge in [0, 0.05) is 24.2 Å². The topological polar surface area (TPSA) is 42.2 Å². The van der Waals surface area contributed by atoms with E-state index in [1.807, 2.05) is 12.1 Å². The maximum Gasteiger partial charge on any atom is 0.405 e. The number of fused-ring (bicyclic) bond motifs is 1. The molecular formula is C15H18F3N3. The molecule has 0 aliphatic rings. The Hall–Kier alpha value is -1.82. The summed E-state index contributed by atoms with van der Waals surface area (Å²) in [6.45, 7) is 2.72. The minimum Gasteiger partial charge on any atom is -0.345 e. The molecule has 0 spiro atoms. The number of nitrogens with zero attached hydrogens (tertiary/aromatic N) is 2. The first-order chi connectivity index (χ1) is 9.83. The molecule has 0 aliphatic carbocycles. The van der Waals surface area contributed by atoms with E-state index < -0.39 is 12.7 Å². The molecule has 2 aromatic rings. The number of benzene rings is 1. The first-order valence-corrected chi connectivity index (χ1v) is 6.73. The van der Waals surface area contributed by atoms with Gasteiger partial charge < -0.3 is 10.6 Å². The highest BCUT2D eigenvalue weighted by Crippen LogP contribution is 2.30. The van der Waals surface area contributed by atoms with Crippen molar-refractivity contribution >= 4 is 16.6 Å². The molecule has 0 unspecified atom stereocenters. The monoisotopic (exact) mass is 297 g/mol. The van der Waals surface area contributed by atoms with Crippen LogP contribution in [-0.4, -0.2) is 23.7 Å². The summed E-state index contributed by atoms with van der Waals surface area (Å²) in [7, 11) is 0. The van der Waals surface area contributed by atoms with E-state index >= 15 is 0 Å². The quantitative estimate of drug-likeness (QED) is 0.939. The molecule has 2 rings (SSSR count). The summed E-state index contributed by atoms with van der Waals surface area (Å²) < 4.78 is 38.4. The number of rotatable bonds is 4. The first kappa shape index (κ1) is 15.6. The second-order valence-electron chi connectivity index (χ2n) is 5.19. The van der Waals surface area contributed by atoms with Crippen molar-refractivity contribution < 1.29 is 13.2 Å². The SMILES string of the molecule is CC(C)N(CC(F)(F)F)c1ncc(CN)c2ccccc12. The van der Waals surface area contributed by atoms with Crippen LogP contribution in [0.5, 0.6) is 0 Å². The van der Waals surface area contributed by atoms with E-state index in [4.69, 9.17) is 5.73 Å². The average Bonchev–Trinajstić information content (AvgIpc) is 2.42. The van der Waals surface area contributed by atoms with E-state index in [9.17, 15) is 13.2 Å². The van der Waals surface area contributed by atoms with Crippen LogP contribution in [0.3, 0.4) is 0 Å². The molecule has 114 valence electrons. The molecule has 1 aromatic heterocycles. The molecule has 0 fully saturated rings. The van der Waals surface area contributed by atoms with Crippen molar-refractivity contribution in [1.29, 1.82) is 0 Å². The Bertz CT molecular complexity index is 623. The normalized spacial score (nSPS) is 12.1. The van der Waals surface area contributed by atoms with Crippen LogP contribution < -0.4 is 10.6 Å². The summed E-state index contributed by atoms with van der Waals surface area (Å²) in [5.41, 5.74) is 6.49. The van der Waals surface area contributed by atoms with Crippen molar-refractivity contribution in [1.82, 2.24) is 4.98 Å². The van der Waals surface area contributed by atoms with Gasteiger partial charge >= 0.3 is 6.18 Å². The van der Waals surface area contributed by atoms with Crippen molar-refractivity contribution in [3.8, 4) is 0 Å². The van der Waals surface area contributed by atoms with Crippen LogP contribution in [-0.2, 0) is 6.54 Å². The van der Waals surface area contributed by atoms with Gasteiger partial charge in [-0.2, -0.15) is 13.2 Å². The van der Waals surface area contributed by atoms with Crippen LogP contribution in [0.25, 0.3) is 10.8 Å². The zero-order valence-electron chi connectivity index (χ0n) is 12.0. The number of alkyl halides is 3. The molecule has 0 radical (unpaired) electrons. The molecule has 6 heteroatoms. The van der Waals surface area contributed by atoms with Gasteiger partial charge in [0.25, 0.3) is 0 Å². The molecule has 21 heavy (non-hydrogen) atoms. The Morgan fingerprint density at radius 2 is 1.81 bits per heavy atom. The third-order valence-corrected chi connectivity index (χ3v) is 3.32. The van der Waals surface area contributed by atoms with E-state index in [-0.39, 0.29) is 6.04 Å². The summed E-state index contributed by atoms with van der Waals surface area (Å²) >= 11 is 0. The van der Waals surface area contributed by atoms with Crippen molar-refractivity contribution in [2.75, 3.05) is 11.4 Å². The Morgan fingerprint density at radius 1 is 1.19 bits per heavy atom. The number of aromatic nitrogens is 1. The van der Waals surface area contributed by atoms with Crippen LogP contribution in [0.15, 0.2) is 30.5 Å². The van der Waals surface area contributed by atoms with Gasteiger partial charge in [0.05, 0.1) is 0 Å². The lowest BCUT2D eigenvalue weighted by Crippen LogP contribution is -2.39. The third-order valence-electron chi connectivity index (χ3n) is 3.32. The summed E-state index contributed by atoms with van der Waals surface area (Å²) in [5, 5.41) is 1.54. The maximum atomic E-state index is 12.8. The van der Waals surface area contributed by atoms with Crippen LogP contribution in [0, 0.1) is 0 Å². The molecule has 2 N–H and O–H groups in total. The standard InChI is InChI=1S/C15H18F3N3/c1-10(2)21(9-15(16,17)18)14-13-6-4-3-5-12(13)11(7-19)8-20-14/h3-6,8,10H,7,9,19H2,1-2H3. The van der Waals surface area contributed by atoms with Gasteiger partial charge in [-0.1, -0.05) is 24.3 Å². The van der Waals surface area contributed by atoms with Crippen LogP contribution >= 0.6 is 0 Å². The van der Waals surface area contributed by atoms with Gasteiger partial charge in [-0.05, 0) is 24.8 Å². The van der Waals surface area contributed by atoms with Crippen molar-refractivity contribution in [2.24, 2.45) is 5.73 Å². The first-order valence-electron chi connectivity index (χ1n) is 6.73. The lowest BCUT2D eigenvalue weighted by atomic mass is 10.1. The van der Waals surface area contributed by atoms with Crippen molar-refractivity contribution in [2.45, 2.75) is 32.6 Å². The minimum atomic E-state index is -4.28. The molecule has 0 aliphatic heterocycles. The molecule has 0 saturated carbocycles. The molecule has 0 atom stereocenters. The largest absolute Gasteiger partial charge is 0.405 e. The third kappa shape index (κ3) is 3.44. The lowest BCUT2D eigenvalue weighted by molar-refractivity contribution is -0.120. The summed E-state index contributed by atoms with van der Waals surface area (Å²) in [5.74, 6) is 0.343. The molecule has 1 heterocycles. The van der Waals surface area contributed by atoms with Gasteiger partial charge in [-0.3, -0.25) is 0 Å². The summed E-state index contributed by atoms with van der Waals surface area (Å²) in [6.07, 6.45) is -2.72. The van der Waals surface area contributed by atoms with Crippen LogP contribution in [0.2, 0.25) is 0 Å². The zero-order chi connectivity index (χ0) is 15.6. The fourth-order valence-corrected chi connectivity index (χ4v) is 2.32. The maximum absolute atomic E-state index is 12.8. The van der Waals surface area contributed by atoms with Crippen molar-refractivity contribution in [3.05, 3.63) is 36.0 Å². The fraction of sp³-hybridized carbons (Fsp3) is 0.400.